The lowest BCUT2D eigenvalue weighted by Crippen LogP contribution is -2.37. The third-order valence-electron chi connectivity index (χ3n) is 3.07. The van der Waals surface area contributed by atoms with Crippen molar-refractivity contribution in [3.63, 3.8) is 0 Å². The van der Waals surface area contributed by atoms with Crippen LogP contribution in [0.15, 0.2) is 14.6 Å². The standard InChI is InChI=1S/C13H18N4O2S/c1-5-7-8-14-10-9(11(15-8)20-6-2)12(18)17(4)13(19)16(10)3/h5-7H2,1-4H3. The van der Waals surface area contributed by atoms with E-state index in [1.807, 2.05) is 13.8 Å². The van der Waals surface area contributed by atoms with Gasteiger partial charge in [0.2, 0.25) is 0 Å². The quantitative estimate of drug-likeness (QED) is 0.623. The second-order valence-electron chi connectivity index (χ2n) is 4.53. The normalized spacial score (nSPS) is 11.2. The first-order chi connectivity index (χ1) is 9.51. The second-order valence-corrected chi connectivity index (χ2v) is 5.79. The zero-order chi connectivity index (χ0) is 14.9. The van der Waals surface area contributed by atoms with Crippen LogP contribution in [-0.2, 0) is 20.5 Å². The van der Waals surface area contributed by atoms with Crippen molar-refractivity contribution in [3.8, 4) is 0 Å². The molecule has 0 spiro atoms. The summed E-state index contributed by atoms with van der Waals surface area (Å²) in [4.78, 5) is 33.2. The molecular formula is C13H18N4O2S. The van der Waals surface area contributed by atoms with E-state index >= 15 is 0 Å². The Bertz CT molecular complexity index is 764. The van der Waals surface area contributed by atoms with Gasteiger partial charge in [0.1, 0.15) is 16.2 Å². The maximum Gasteiger partial charge on any atom is 0.332 e. The molecule has 108 valence electrons. The molecule has 0 aromatic carbocycles. The molecule has 2 heterocycles. The molecule has 0 unspecified atom stereocenters. The van der Waals surface area contributed by atoms with Crippen molar-refractivity contribution in [1.29, 1.82) is 0 Å². The summed E-state index contributed by atoms with van der Waals surface area (Å²) in [5, 5.41) is 1.10. The van der Waals surface area contributed by atoms with Crippen molar-refractivity contribution in [3.05, 3.63) is 26.7 Å². The molecule has 0 aliphatic carbocycles. The zero-order valence-corrected chi connectivity index (χ0v) is 13.0. The van der Waals surface area contributed by atoms with Gasteiger partial charge in [-0.2, -0.15) is 0 Å². The van der Waals surface area contributed by atoms with Crippen LogP contribution in [0.2, 0.25) is 0 Å². The number of hydrogen-bond acceptors (Lipinski definition) is 5. The molecule has 0 radical (unpaired) electrons. The van der Waals surface area contributed by atoms with Gasteiger partial charge in [0.15, 0.2) is 5.65 Å². The lowest BCUT2D eigenvalue weighted by Gasteiger charge is -2.11. The van der Waals surface area contributed by atoms with Gasteiger partial charge in [-0.1, -0.05) is 13.8 Å². The van der Waals surface area contributed by atoms with Crippen LogP contribution in [0.1, 0.15) is 26.1 Å². The lowest BCUT2D eigenvalue weighted by molar-refractivity contribution is 0.696. The summed E-state index contributed by atoms with van der Waals surface area (Å²) >= 11 is 1.50. The molecule has 0 atom stereocenters. The number of thioether (sulfide) groups is 1. The number of hydrogen-bond donors (Lipinski definition) is 0. The number of nitrogens with zero attached hydrogens (tertiary/aromatic N) is 4. The van der Waals surface area contributed by atoms with E-state index in [0.29, 0.717) is 21.9 Å². The van der Waals surface area contributed by atoms with Crippen LogP contribution in [0.5, 0.6) is 0 Å². The smallest absolute Gasteiger partial charge is 0.280 e. The summed E-state index contributed by atoms with van der Waals surface area (Å²) in [7, 11) is 3.11. The van der Waals surface area contributed by atoms with Gasteiger partial charge < -0.3 is 0 Å². The summed E-state index contributed by atoms with van der Waals surface area (Å²) in [6.07, 6.45) is 1.65. The highest BCUT2D eigenvalue weighted by atomic mass is 32.2. The van der Waals surface area contributed by atoms with Gasteiger partial charge in [-0.3, -0.25) is 13.9 Å². The van der Waals surface area contributed by atoms with Gasteiger partial charge in [0.05, 0.1) is 0 Å². The Morgan fingerprint density at radius 3 is 2.40 bits per heavy atom. The Kier molecular flexibility index (Phi) is 4.27. The van der Waals surface area contributed by atoms with E-state index in [4.69, 9.17) is 0 Å². The van der Waals surface area contributed by atoms with Crippen molar-refractivity contribution >= 4 is 22.8 Å². The monoisotopic (exact) mass is 294 g/mol. The average Bonchev–Trinajstić information content (AvgIpc) is 2.43. The number of rotatable bonds is 4. The molecule has 0 N–H and O–H groups in total. The molecular weight excluding hydrogens is 276 g/mol. The third-order valence-corrected chi connectivity index (χ3v) is 3.93. The number of fused-ring (bicyclic) bond motifs is 1. The molecule has 7 heteroatoms. The van der Waals surface area contributed by atoms with Crippen molar-refractivity contribution < 1.29 is 0 Å². The van der Waals surface area contributed by atoms with Gasteiger partial charge in [0, 0.05) is 20.5 Å². The highest BCUT2D eigenvalue weighted by molar-refractivity contribution is 7.99. The highest BCUT2D eigenvalue weighted by Crippen LogP contribution is 2.22. The topological polar surface area (TPSA) is 69.8 Å². The lowest BCUT2D eigenvalue weighted by atomic mass is 10.3. The van der Waals surface area contributed by atoms with E-state index in [2.05, 4.69) is 9.97 Å². The molecule has 0 bridgehead atoms. The Morgan fingerprint density at radius 1 is 1.10 bits per heavy atom. The molecule has 0 saturated heterocycles. The molecule has 2 rings (SSSR count). The first-order valence-corrected chi connectivity index (χ1v) is 7.59. The molecule has 20 heavy (non-hydrogen) atoms. The van der Waals surface area contributed by atoms with E-state index in [-0.39, 0.29) is 11.2 Å². The first kappa shape index (κ1) is 14.8. The van der Waals surface area contributed by atoms with Crippen molar-refractivity contribution in [2.45, 2.75) is 31.7 Å². The van der Waals surface area contributed by atoms with Gasteiger partial charge >= 0.3 is 5.69 Å². The predicted molar refractivity (Wildman–Crippen MR) is 80.4 cm³/mol. The predicted octanol–water partition coefficient (Wildman–Crippen LogP) is 1.09. The summed E-state index contributed by atoms with van der Waals surface area (Å²) < 4.78 is 2.52. The Morgan fingerprint density at radius 2 is 1.80 bits per heavy atom. The minimum atomic E-state index is -0.365. The maximum absolute atomic E-state index is 12.3. The fourth-order valence-electron chi connectivity index (χ4n) is 2.05. The Balaban J connectivity index is 2.93. The number of aromatic nitrogens is 4. The van der Waals surface area contributed by atoms with E-state index in [1.54, 1.807) is 7.05 Å². The molecule has 0 fully saturated rings. The highest BCUT2D eigenvalue weighted by Gasteiger charge is 2.16. The molecule has 0 amide bonds. The fourth-order valence-corrected chi connectivity index (χ4v) is 2.81. The average molecular weight is 294 g/mol. The van der Waals surface area contributed by atoms with Crippen LogP contribution in [0.4, 0.5) is 0 Å². The molecule has 0 aliphatic rings. The molecule has 2 aromatic heterocycles. The molecule has 0 saturated carbocycles. The summed E-state index contributed by atoms with van der Waals surface area (Å²) in [5.41, 5.74) is -0.273. The van der Waals surface area contributed by atoms with Crippen LogP contribution in [-0.4, -0.2) is 24.9 Å². The van der Waals surface area contributed by atoms with Crippen molar-refractivity contribution in [2.75, 3.05) is 5.75 Å². The van der Waals surface area contributed by atoms with E-state index in [0.717, 1.165) is 23.2 Å². The van der Waals surface area contributed by atoms with Crippen molar-refractivity contribution in [2.24, 2.45) is 14.1 Å². The van der Waals surface area contributed by atoms with E-state index in [1.165, 1.54) is 23.4 Å². The Labute approximate surface area is 120 Å². The summed E-state index contributed by atoms with van der Waals surface area (Å²) in [6, 6.07) is 0. The minimum Gasteiger partial charge on any atom is -0.280 e. The summed E-state index contributed by atoms with van der Waals surface area (Å²) in [6.45, 7) is 4.05. The van der Waals surface area contributed by atoms with Crippen LogP contribution in [0.25, 0.3) is 11.0 Å². The zero-order valence-electron chi connectivity index (χ0n) is 12.1. The maximum atomic E-state index is 12.3. The van der Waals surface area contributed by atoms with Gasteiger partial charge in [-0.05, 0) is 12.2 Å². The van der Waals surface area contributed by atoms with Crippen LogP contribution >= 0.6 is 11.8 Å². The first-order valence-electron chi connectivity index (χ1n) is 6.60. The third kappa shape index (κ3) is 2.37. The second kappa shape index (κ2) is 5.78. The van der Waals surface area contributed by atoms with E-state index < -0.39 is 0 Å². The number of aryl methyl sites for hydroxylation is 2. The fraction of sp³-hybridized carbons (Fsp3) is 0.538. The molecule has 2 aromatic rings. The van der Waals surface area contributed by atoms with Gasteiger partial charge in [-0.25, -0.2) is 14.8 Å². The van der Waals surface area contributed by atoms with Crippen LogP contribution in [0, 0.1) is 0 Å². The van der Waals surface area contributed by atoms with Gasteiger partial charge in [0.25, 0.3) is 5.56 Å². The van der Waals surface area contributed by atoms with Crippen molar-refractivity contribution in [1.82, 2.24) is 19.1 Å². The minimum absolute atomic E-state index is 0.331. The van der Waals surface area contributed by atoms with E-state index in [9.17, 15) is 9.59 Å². The SMILES string of the molecule is CCCc1nc(SCC)c2c(=O)n(C)c(=O)n(C)c2n1. The molecule has 0 aliphatic heterocycles. The van der Waals surface area contributed by atoms with Crippen LogP contribution in [0.3, 0.4) is 0 Å². The summed E-state index contributed by atoms with van der Waals surface area (Å²) in [5.74, 6) is 1.49. The van der Waals surface area contributed by atoms with Crippen LogP contribution < -0.4 is 11.2 Å². The Hall–Kier alpha value is -1.63. The molecule has 6 nitrogen and oxygen atoms in total. The largest absolute Gasteiger partial charge is 0.332 e. The van der Waals surface area contributed by atoms with Gasteiger partial charge in [-0.15, -0.1) is 11.8 Å².